The van der Waals surface area contributed by atoms with Crippen molar-refractivity contribution >= 4 is 29.1 Å². The molecule has 3 rings (SSSR count). The molecule has 1 heterocycles. The highest BCUT2D eigenvalue weighted by Crippen LogP contribution is 2.19. The standard InChI is InChI=1S/C19H15Cl2N3O/c20-16-8-15(9-17(21)10-16)19(25)22-7-6-13-11-23-18(24-12-13)14-4-2-1-3-5-14/h1-5,8-12H,6-7H2,(H,22,25). The largest absolute Gasteiger partial charge is 0.352 e. The molecule has 25 heavy (non-hydrogen) atoms. The first-order valence-corrected chi connectivity index (χ1v) is 8.48. The van der Waals surface area contributed by atoms with Gasteiger partial charge in [0.15, 0.2) is 5.82 Å². The van der Waals surface area contributed by atoms with Crippen molar-refractivity contribution in [3.05, 3.63) is 82.1 Å². The predicted octanol–water partition coefficient (Wildman–Crippen LogP) is 4.42. The summed E-state index contributed by atoms with van der Waals surface area (Å²) in [4.78, 5) is 20.9. The average Bonchev–Trinajstić information content (AvgIpc) is 2.62. The van der Waals surface area contributed by atoms with Crippen molar-refractivity contribution in [1.29, 1.82) is 0 Å². The van der Waals surface area contributed by atoms with E-state index in [1.54, 1.807) is 30.6 Å². The van der Waals surface area contributed by atoms with E-state index in [0.29, 0.717) is 34.4 Å². The molecule has 1 amide bonds. The van der Waals surface area contributed by atoms with Crippen LogP contribution in [0.3, 0.4) is 0 Å². The SMILES string of the molecule is O=C(NCCc1cnc(-c2ccccc2)nc1)c1cc(Cl)cc(Cl)c1. The number of carbonyl (C=O) groups is 1. The van der Waals surface area contributed by atoms with Crippen molar-refractivity contribution in [2.45, 2.75) is 6.42 Å². The van der Waals surface area contributed by atoms with Crippen LogP contribution in [-0.4, -0.2) is 22.4 Å². The molecule has 0 saturated carbocycles. The van der Waals surface area contributed by atoms with E-state index in [4.69, 9.17) is 23.2 Å². The molecule has 0 fully saturated rings. The van der Waals surface area contributed by atoms with Gasteiger partial charge in [0.1, 0.15) is 0 Å². The lowest BCUT2D eigenvalue weighted by Crippen LogP contribution is -2.25. The van der Waals surface area contributed by atoms with Gasteiger partial charge in [-0.3, -0.25) is 4.79 Å². The van der Waals surface area contributed by atoms with E-state index < -0.39 is 0 Å². The van der Waals surface area contributed by atoms with Gasteiger partial charge in [-0.05, 0) is 30.2 Å². The van der Waals surface area contributed by atoms with Crippen LogP contribution in [0.2, 0.25) is 10.0 Å². The van der Waals surface area contributed by atoms with Crippen molar-refractivity contribution in [1.82, 2.24) is 15.3 Å². The third kappa shape index (κ3) is 4.78. The molecular formula is C19H15Cl2N3O. The Labute approximate surface area is 155 Å². The summed E-state index contributed by atoms with van der Waals surface area (Å²) in [6, 6.07) is 14.5. The third-order valence-corrected chi connectivity index (χ3v) is 4.00. The van der Waals surface area contributed by atoms with Gasteiger partial charge in [-0.1, -0.05) is 53.5 Å². The van der Waals surface area contributed by atoms with E-state index in [-0.39, 0.29) is 5.91 Å². The quantitative estimate of drug-likeness (QED) is 0.721. The highest BCUT2D eigenvalue weighted by molar-refractivity contribution is 6.35. The molecule has 6 heteroatoms. The van der Waals surface area contributed by atoms with Gasteiger partial charge in [0.2, 0.25) is 0 Å². The minimum absolute atomic E-state index is 0.216. The first kappa shape index (κ1) is 17.4. The second-order valence-electron chi connectivity index (χ2n) is 5.44. The lowest BCUT2D eigenvalue weighted by molar-refractivity contribution is 0.0954. The molecule has 1 N–H and O–H groups in total. The normalized spacial score (nSPS) is 10.5. The molecule has 0 spiro atoms. The van der Waals surface area contributed by atoms with Crippen molar-refractivity contribution in [3.8, 4) is 11.4 Å². The van der Waals surface area contributed by atoms with Gasteiger partial charge in [-0.2, -0.15) is 0 Å². The zero-order valence-electron chi connectivity index (χ0n) is 13.2. The Balaban J connectivity index is 1.56. The van der Waals surface area contributed by atoms with E-state index in [2.05, 4.69) is 15.3 Å². The maximum Gasteiger partial charge on any atom is 0.251 e. The summed E-state index contributed by atoms with van der Waals surface area (Å²) in [7, 11) is 0. The highest BCUT2D eigenvalue weighted by Gasteiger charge is 2.08. The molecule has 0 atom stereocenters. The van der Waals surface area contributed by atoms with Gasteiger partial charge in [-0.15, -0.1) is 0 Å². The number of carbonyl (C=O) groups excluding carboxylic acids is 1. The van der Waals surface area contributed by atoms with Crippen LogP contribution in [0.1, 0.15) is 15.9 Å². The van der Waals surface area contributed by atoms with E-state index in [9.17, 15) is 4.79 Å². The lowest BCUT2D eigenvalue weighted by Gasteiger charge is -2.07. The molecule has 1 aromatic heterocycles. The summed E-state index contributed by atoms with van der Waals surface area (Å²) in [6.07, 6.45) is 4.19. The maximum absolute atomic E-state index is 12.1. The van der Waals surface area contributed by atoms with Gasteiger partial charge in [0.05, 0.1) is 0 Å². The molecule has 0 aliphatic rings. The molecule has 3 aromatic rings. The van der Waals surface area contributed by atoms with Gasteiger partial charge >= 0.3 is 0 Å². The summed E-state index contributed by atoms with van der Waals surface area (Å²) in [5.74, 6) is 0.466. The van der Waals surface area contributed by atoms with E-state index in [0.717, 1.165) is 11.1 Å². The Morgan fingerprint density at radius 3 is 2.24 bits per heavy atom. The maximum atomic E-state index is 12.1. The summed E-state index contributed by atoms with van der Waals surface area (Å²) < 4.78 is 0. The third-order valence-electron chi connectivity index (χ3n) is 3.56. The van der Waals surface area contributed by atoms with Gasteiger partial charge < -0.3 is 5.32 Å². The van der Waals surface area contributed by atoms with E-state index >= 15 is 0 Å². The van der Waals surface area contributed by atoms with Crippen molar-refractivity contribution in [2.24, 2.45) is 0 Å². The smallest absolute Gasteiger partial charge is 0.251 e. The number of hydrogen-bond acceptors (Lipinski definition) is 3. The van der Waals surface area contributed by atoms with Gasteiger partial charge in [0, 0.05) is 40.1 Å². The van der Waals surface area contributed by atoms with Crippen LogP contribution in [0, 0.1) is 0 Å². The minimum atomic E-state index is -0.216. The molecule has 0 aliphatic heterocycles. The fourth-order valence-electron chi connectivity index (χ4n) is 2.33. The number of hydrogen-bond donors (Lipinski definition) is 1. The summed E-state index contributed by atoms with van der Waals surface area (Å²) in [5, 5.41) is 3.70. The molecule has 2 aromatic carbocycles. The van der Waals surface area contributed by atoms with Gasteiger partial charge in [-0.25, -0.2) is 9.97 Å². The van der Waals surface area contributed by atoms with Crippen molar-refractivity contribution in [2.75, 3.05) is 6.54 Å². The Morgan fingerprint density at radius 1 is 0.960 bits per heavy atom. The van der Waals surface area contributed by atoms with Crippen LogP contribution in [0.25, 0.3) is 11.4 Å². The number of aromatic nitrogens is 2. The number of halogens is 2. The van der Waals surface area contributed by atoms with Crippen LogP contribution < -0.4 is 5.32 Å². The Morgan fingerprint density at radius 2 is 1.60 bits per heavy atom. The topological polar surface area (TPSA) is 54.9 Å². The molecule has 0 unspecified atom stereocenters. The van der Waals surface area contributed by atoms with Crippen LogP contribution in [-0.2, 0) is 6.42 Å². The molecule has 4 nitrogen and oxygen atoms in total. The van der Waals surface area contributed by atoms with Crippen LogP contribution in [0.4, 0.5) is 0 Å². The first-order valence-electron chi connectivity index (χ1n) is 7.72. The van der Waals surface area contributed by atoms with Crippen LogP contribution >= 0.6 is 23.2 Å². The summed E-state index contributed by atoms with van der Waals surface area (Å²) in [5.41, 5.74) is 2.36. The molecule has 0 bridgehead atoms. The van der Waals surface area contributed by atoms with Crippen molar-refractivity contribution < 1.29 is 4.79 Å². The van der Waals surface area contributed by atoms with E-state index in [1.165, 1.54) is 0 Å². The predicted molar refractivity (Wildman–Crippen MR) is 100.0 cm³/mol. The zero-order chi connectivity index (χ0) is 17.6. The molecule has 0 radical (unpaired) electrons. The Hall–Kier alpha value is -2.43. The zero-order valence-corrected chi connectivity index (χ0v) is 14.8. The minimum Gasteiger partial charge on any atom is -0.352 e. The average molecular weight is 372 g/mol. The Kier molecular flexibility index (Phi) is 5.64. The number of nitrogens with one attached hydrogen (secondary N) is 1. The second kappa shape index (κ2) is 8.10. The fourth-order valence-corrected chi connectivity index (χ4v) is 2.85. The lowest BCUT2D eigenvalue weighted by atomic mass is 10.2. The molecule has 0 aliphatic carbocycles. The number of nitrogens with zero attached hydrogens (tertiary/aromatic N) is 2. The summed E-state index contributed by atoms with van der Waals surface area (Å²) >= 11 is 11.8. The van der Waals surface area contributed by atoms with Crippen LogP contribution in [0.5, 0.6) is 0 Å². The van der Waals surface area contributed by atoms with Crippen molar-refractivity contribution in [3.63, 3.8) is 0 Å². The van der Waals surface area contributed by atoms with Gasteiger partial charge in [0.25, 0.3) is 5.91 Å². The molecule has 126 valence electrons. The fraction of sp³-hybridized carbons (Fsp3) is 0.105. The second-order valence-corrected chi connectivity index (χ2v) is 6.32. The highest BCUT2D eigenvalue weighted by atomic mass is 35.5. The summed E-state index contributed by atoms with van der Waals surface area (Å²) in [6.45, 7) is 0.469. The molecular weight excluding hydrogens is 357 g/mol. The first-order chi connectivity index (χ1) is 12.1. The van der Waals surface area contributed by atoms with E-state index in [1.807, 2.05) is 30.3 Å². The Bertz CT molecular complexity index is 847. The van der Waals surface area contributed by atoms with Crippen LogP contribution in [0.15, 0.2) is 60.9 Å². The number of amides is 1. The number of rotatable bonds is 5. The number of benzene rings is 2. The molecule has 0 saturated heterocycles. The monoisotopic (exact) mass is 371 g/mol.